The summed E-state index contributed by atoms with van der Waals surface area (Å²) in [6.07, 6.45) is 7.49. The summed E-state index contributed by atoms with van der Waals surface area (Å²) in [6, 6.07) is 16.6. The lowest BCUT2D eigenvalue weighted by Crippen LogP contribution is -2.28. The number of carbonyl (C=O) groups excluding carboxylic acids is 1. The maximum Gasteiger partial charge on any atom is 0.314 e. The summed E-state index contributed by atoms with van der Waals surface area (Å²) in [4.78, 5) is 23.5. The van der Waals surface area contributed by atoms with Crippen molar-refractivity contribution in [2.75, 3.05) is 0 Å². The lowest BCUT2D eigenvalue weighted by Gasteiger charge is -2.26. The number of ether oxygens (including phenoxy) is 1. The molecule has 0 radical (unpaired) electrons. The molecule has 0 heterocycles. The van der Waals surface area contributed by atoms with Crippen LogP contribution in [-0.2, 0) is 9.59 Å². The van der Waals surface area contributed by atoms with Crippen molar-refractivity contribution >= 4 is 11.9 Å². The molecule has 2 aromatic carbocycles. The highest BCUT2D eigenvalue weighted by molar-refractivity contribution is 5.76. The quantitative estimate of drug-likeness (QED) is 0.446. The van der Waals surface area contributed by atoms with E-state index in [4.69, 9.17) is 9.84 Å². The van der Waals surface area contributed by atoms with Gasteiger partial charge in [0, 0.05) is 0 Å². The minimum Gasteiger partial charge on any atom is -0.481 e. The minimum absolute atomic E-state index is 0.203. The molecule has 0 aliphatic heterocycles. The van der Waals surface area contributed by atoms with Gasteiger partial charge in [-0.05, 0) is 79.2 Å². The summed E-state index contributed by atoms with van der Waals surface area (Å²) >= 11 is 0. The Morgan fingerprint density at radius 3 is 1.81 bits per heavy atom. The average molecular weight is 421 g/mol. The fraction of sp³-hybridized carbons (Fsp3) is 0.481. The fourth-order valence-corrected chi connectivity index (χ4v) is 5.03. The summed E-state index contributed by atoms with van der Waals surface area (Å²) < 4.78 is 5.56. The van der Waals surface area contributed by atoms with Crippen molar-refractivity contribution in [2.45, 2.75) is 64.2 Å². The summed E-state index contributed by atoms with van der Waals surface area (Å²) in [7, 11) is 0. The second-order valence-electron chi connectivity index (χ2n) is 9.41. The molecule has 2 aliphatic carbocycles. The zero-order chi connectivity index (χ0) is 21.8. The fourth-order valence-electron chi connectivity index (χ4n) is 5.03. The number of carboxylic acids is 1. The van der Waals surface area contributed by atoms with Crippen molar-refractivity contribution in [3.63, 3.8) is 0 Å². The van der Waals surface area contributed by atoms with Gasteiger partial charge in [0.05, 0.1) is 11.8 Å². The number of benzene rings is 2. The Bertz CT molecular complexity index is 884. The van der Waals surface area contributed by atoms with Crippen LogP contribution in [0.1, 0.15) is 69.8 Å². The molecule has 0 unspecified atom stereocenters. The van der Waals surface area contributed by atoms with Crippen LogP contribution in [0.3, 0.4) is 0 Å². The van der Waals surface area contributed by atoms with Crippen molar-refractivity contribution in [1.82, 2.24) is 0 Å². The third-order valence-electron chi connectivity index (χ3n) is 7.21. The molecular weight excluding hydrogens is 388 g/mol. The summed E-state index contributed by atoms with van der Waals surface area (Å²) in [6.45, 7) is 2.35. The van der Waals surface area contributed by atoms with Crippen LogP contribution in [0, 0.1) is 17.8 Å². The number of carboxylic acid groups (broad SMARTS) is 1. The summed E-state index contributed by atoms with van der Waals surface area (Å²) in [5.74, 6) is 0.566. The molecule has 1 N–H and O–H groups in total. The number of hydrogen-bond donors (Lipinski definition) is 1. The Labute approximate surface area is 184 Å². The third kappa shape index (κ3) is 5.36. The van der Waals surface area contributed by atoms with E-state index in [1.54, 1.807) is 0 Å². The van der Waals surface area contributed by atoms with E-state index in [0.29, 0.717) is 37.4 Å². The van der Waals surface area contributed by atoms with Crippen LogP contribution in [0.4, 0.5) is 0 Å². The first-order valence-corrected chi connectivity index (χ1v) is 11.6. The van der Waals surface area contributed by atoms with Gasteiger partial charge in [-0.15, -0.1) is 0 Å². The molecule has 4 rings (SSSR count). The smallest absolute Gasteiger partial charge is 0.314 e. The third-order valence-corrected chi connectivity index (χ3v) is 7.21. The van der Waals surface area contributed by atoms with Crippen LogP contribution in [0.5, 0.6) is 5.75 Å². The second kappa shape index (κ2) is 9.67. The van der Waals surface area contributed by atoms with Crippen molar-refractivity contribution in [3.05, 3.63) is 54.1 Å². The molecule has 31 heavy (non-hydrogen) atoms. The van der Waals surface area contributed by atoms with Gasteiger partial charge in [-0.3, -0.25) is 9.59 Å². The zero-order valence-electron chi connectivity index (χ0n) is 18.3. The first-order valence-electron chi connectivity index (χ1n) is 11.6. The zero-order valence-corrected chi connectivity index (χ0v) is 18.3. The number of hydrogen-bond acceptors (Lipinski definition) is 3. The van der Waals surface area contributed by atoms with Crippen LogP contribution < -0.4 is 4.74 Å². The monoisotopic (exact) mass is 420 g/mol. The Morgan fingerprint density at radius 1 is 0.742 bits per heavy atom. The Kier molecular flexibility index (Phi) is 6.74. The van der Waals surface area contributed by atoms with Crippen LogP contribution >= 0.6 is 0 Å². The highest BCUT2D eigenvalue weighted by Gasteiger charge is 2.30. The summed E-state index contributed by atoms with van der Waals surface area (Å²) in [5.41, 5.74) is 3.71. The van der Waals surface area contributed by atoms with Gasteiger partial charge in [0.15, 0.2) is 0 Å². The van der Waals surface area contributed by atoms with Gasteiger partial charge < -0.3 is 9.84 Å². The highest BCUT2D eigenvalue weighted by atomic mass is 16.5. The van der Waals surface area contributed by atoms with Crippen LogP contribution in [0.2, 0.25) is 0 Å². The predicted octanol–water partition coefficient (Wildman–Crippen LogP) is 6.44. The first kappa shape index (κ1) is 21.6. The van der Waals surface area contributed by atoms with E-state index >= 15 is 0 Å². The maximum absolute atomic E-state index is 12.4. The normalized spacial score (nSPS) is 26.2. The number of rotatable bonds is 5. The Balaban J connectivity index is 1.33. The molecular formula is C27H32O4. The molecule has 0 atom stereocenters. The first-order chi connectivity index (χ1) is 15.0. The molecule has 0 aromatic heterocycles. The molecule has 2 aliphatic rings. The molecule has 0 saturated heterocycles. The Morgan fingerprint density at radius 2 is 1.26 bits per heavy atom. The second-order valence-corrected chi connectivity index (χ2v) is 9.41. The van der Waals surface area contributed by atoms with Gasteiger partial charge in [-0.25, -0.2) is 0 Å². The van der Waals surface area contributed by atoms with Gasteiger partial charge in [-0.2, -0.15) is 0 Å². The number of aliphatic carboxylic acids is 1. The lowest BCUT2D eigenvalue weighted by atomic mass is 9.79. The Hall–Kier alpha value is -2.62. The SMILES string of the molecule is CC1CCC(c2ccc(-c3ccc(OC(=O)C4CCC(C(=O)O)CC4)cc3)cc2)CC1. The van der Waals surface area contributed by atoms with E-state index in [9.17, 15) is 9.59 Å². The molecule has 0 amide bonds. The molecule has 2 aromatic rings. The number of carbonyl (C=O) groups is 2. The van der Waals surface area contributed by atoms with Crippen molar-refractivity contribution in [1.29, 1.82) is 0 Å². The van der Waals surface area contributed by atoms with Crippen molar-refractivity contribution < 1.29 is 19.4 Å². The standard InChI is InChI=1S/C27H32O4/c1-18-2-4-19(5-3-18)20-6-8-21(9-7-20)22-14-16-25(17-15-22)31-27(30)24-12-10-23(11-13-24)26(28)29/h6-9,14-19,23-24H,2-5,10-13H2,1H3,(H,28,29). The van der Waals surface area contributed by atoms with E-state index in [-0.39, 0.29) is 17.8 Å². The summed E-state index contributed by atoms with van der Waals surface area (Å²) in [5, 5.41) is 9.09. The van der Waals surface area contributed by atoms with Crippen LogP contribution in [-0.4, -0.2) is 17.0 Å². The minimum atomic E-state index is -0.760. The van der Waals surface area contributed by atoms with Crippen LogP contribution in [0.15, 0.2) is 48.5 Å². The van der Waals surface area contributed by atoms with E-state index in [2.05, 4.69) is 31.2 Å². The molecule has 2 saturated carbocycles. The van der Waals surface area contributed by atoms with Gasteiger partial charge in [0.25, 0.3) is 0 Å². The number of esters is 1. The van der Waals surface area contributed by atoms with E-state index in [1.165, 1.54) is 31.2 Å². The van der Waals surface area contributed by atoms with Gasteiger partial charge in [0.2, 0.25) is 0 Å². The largest absolute Gasteiger partial charge is 0.481 e. The maximum atomic E-state index is 12.4. The van der Waals surface area contributed by atoms with E-state index in [0.717, 1.165) is 17.0 Å². The van der Waals surface area contributed by atoms with Gasteiger partial charge >= 0.3 is 11.9 Å². The molecule has 0 bridgehead atoms. The lowest BCUT2D eigenvalue weighted by molar-refractivity contribution is -0.146. The molecule has 164 valence electrons. The molecule has 0 spiro atoms. The highest BCUT2D eigenvalue weighted by Crippen LogP contribution is 2.36. The van der Waals surface area contributed by atoms with Crippen molar-refractivity contribution in [2.24, 2.45) is 17.8 Å². The van der Waals surface area contributed by atoms with E-state index < -0.39 is 5.97 Å². The molecule has 4 heteroatoms. The molecule has 4 nitrogen and oxygen atoms in total. The van der Waals surface area contributed by atoms with Gasteiger partial charge in [-0.1, -0.05) is 56.2 Å². The van der Waals surface area contributed by atoms with Crippen molar-refractivity contribution in [3.8, 4) is 16.9 Å². The van der Waals surface area contributed by atoms with Crippen LogP contribution in [0.25, 0.3) is 11.1 Å². The predicted molar refractivity (Wildman–Crippen MR) is 121 cm³/mol. The molecule has 2 fully saturated rings. The van der Waals surface area contributed by atoms with Gasteiger partial charge in [0.1, 0.15) is 5.75 Å². The van der Waals surface area contributed by atoms with E-state index in [1.807, 2.05) is 24.3 Å². The topological polar surface area (TPSA) is 63.6 Å². The average Bonchev–Trinajstić information content (AvgIpc) is 2.80.